The highest BCUT2D eigenvalue weighted by Crippen LogP contribution is 2.37. The van der Waals surface area contributed by atoms with E-state index in [1.807, 2.05) is 6.07 Å². The SMILES string of the molecule is CC1Cc2ccccc2N1c1cnnc(Nc2c(Cl)cccc2Cl)n1. The summed E-state index contributed by atoms with van der Waals surface area (Å²) in [7, 11) is 0. The number of anilines is 4. The van der Waals surface area contributed by atoms with Crippen LogP contribution in [0.15, 0.2) is 48.7 Å². The monoisotopic (exact) mass is 371 g/mol. The first kappa shape index (κ1) is 16.1. The van der Waals surface area contributed by atoms with Gasteiger partial charge in [-0.25, -0.2) is 0 Å². The van der Waals surface area contributed by atoms with Gasteiger partial charge in [-0.15, -0.1) is 5.10 Å². The Bertz CT molecular complexity index is 911. The number of hydrogen-bond donors (Lipinski definition) is 1. The number of hydrogen-bond acceptors (Lipinski definition) is 5. The Kier molecular flexibility index (Phi) is 4.19. The van der Waals surface area contributed by atoms with Crippen molar-refractivity contribution in [2.45, 2.75) is 19.4 Å². The number of para-hydroxylation sites is 2. The van der Waals surface area contributed by atoms with Gasteiger partial charge in [0.2, 0.25) is 5.95 Å². The maximum atomic E-state index is 6.20. The molecule has 1 N–H and O–H groups in total. The Morgan fingerprint density at radius 2 is 1.84 bits per heavy atom. The molecule has 3 aromatic rings. The molecular weight excluding hydrogens is 357 g/mol. The molecule has 0 fully saturated rings. The standard InChI is InChI=1S/C18H15Cl2N5/c1-11-9-12-5-2-3-8-15(12)25(11)16-10-21-24-18(22-16)23-17-13(19)6-4-7-14(17)20/h2-8,10-11H,9H2,1H3,(H,22,23,24). The summed E-state index contributed by atoms with van der Waals surface area (Å²) >= 11 is 12.4. The van der Waals surface area contributed by atoms with Gasteiger partial charge < -0.3 is 10.2 Å². The lowest BCUT2D eigenvalue weighted by Gasteiger charge is -2.23. The fourth-order valence-corrected chi connectivity index (χ4v) is 3.60. The Labute approximate surface area is 155 Å². The van der Waals surface area contributed by atoms with E-state index in [1.165, 1.54) is 5.56 Å². The summed E-state index contributed by atoms with van der Waals surface area (Å²) in [6, 6.07) is 13.9. The minimum Gasteiger partial charge on any atom is -0.322 e. The van der Waals surface area contributed by atoms with Gasteiger partial charge >= 0.3 is 0 Å². The van der Waals surface area contributed by atoms with Crippen LogP contribution in [0, 0.1) is 0 Å². The average Bonchev–Trinajstić information content (AvgIpc) is 2.94. The van der Waals surface area contributed by atoms with Crippen molar-refractivity contribution in [1.82, 2.24) is 15.2 Å². The van der Waals surface area contributed by atoms with Crippen molar-refractivity contribution in [2.75, 3.05) is 10.2 Å². The molecular formula is C18H15Cl2N5. The topological polar surface area (TPSA) is 53.9 Å². The lowest BCUT2D eigenvalue weighted by molar-refractivity contribution is 0.745. The summed E-state index contributed by atoms with van der Waals surface area (Å²) in [6.07, 6.45) is 2.64. The van der Waals surface area contributed by atoms with E-state index in [0.29, 0.717) is 27.7 Å². The largest absolute Gasteiger partial charge is 0.322 e. The van der Waals surface area contributed by atoms with E-state index in [2.05, 4.69) is 50.5 Å². The van der Waals surface area contributed by atoms with Gasteiger partial charge in [0.05, 0.1) is 21.9 Å². The number of aromatic nitrogens is 3. The predicted molar refractivity (Wildman–Crippen MR) is 101 cm³/mol. The van der Waals surface area contributed by atoms with Crippen LogP contribution in [0.2, 0.25) is 10.0 Å². The van der Waals surface area contributed by atoms with Gasteiger partial charge in [0.25, 0.3) is 0 Å². The second kappa shape index (κ2) is 6.50. The third-order valence-electron chi connectivity index (χ3n) is 4.20. The van der Waals surface area contributed by atoms with Crippen LogP contribution < -0.4 is 10.2 Å². The van der Waals surface area contributed by atoms with Crippen LogP contribution in [0.3, 0.4) is 0 Å². The van der Waals surface area contributed by atoms with Gasteiger partial charge in [-0.1, -0.05) is 47.5 Å². The van der Waals surface area contributed by atoms with E-state index < -0.39 is 0 Å². The van der Waals surface area contributed by atoms with E-state index in [0.717, 1.165) is 17.9 Å². The molecule has 7 heteroatoms. The van der Waals surface area contributed by atoms with Crippen LogP contribution >= 0.6 is 23.2 Å². The molecule has 4 rings (SSSR count). The molecule has 1 atom stereocenters. The summed E-state index contributed by atoms with van der Waals surface area (Å²) < 4.78 is 0. The molecule has 0 amide bonds. The van der Waals surface area contributed by atoms with Crippen LogP contribution in [-0.4, -0.2) is 21.2 Å². The van der Waals surface area contributed by atoms with Crippen molar-refractivity contribution in [3.8, 4) is 0 Å². The van der Waals surface area contributed by atoms with Gasteiger partial charge in [-0.3, -0.25) is 0 Å². The van der Waals surface area contributed by atoms with Crippen molar-refractivity contribution in [3.63, 3.8) is 0 Å². The predicted octanol–water partition coefficient (Wildman–Crippen LogP) is 5.00. The first-order valence-corrected chi connectivity index (χ1v) is 8.67. The first-order chi connectivity index (χ1) is 12.1. The molecule has 0 bridgehead atoms. The number of nitrogens with one attached hydrogen (secondary N) is 1. The van der Waals surface area contributed by atoms with Crippen LogP contribution in [0.4, 0.5) is 23.1 Å². The van der Waals surface area contributed by atoms with Crippen molar-refractivity contribution < 1.29 is 0 Å². The number of halogens is 2. The summed E-state index contributed by atoms with van der Waals surface area (Å²) in [4.78, 5) is 6.78. The van der Waals surface area contributed by atoms with Crippen molar-refractivity contribution >= 4 is 46.3 Å². The molecule has 1 aliphatic rings. The van der Waals surface area contributed by atoms with Crippen molar-refractivity contribution in [1.29, 1.82) is 0 Å². The van der Waals surface area contributed by atoms with Crippen LogP contribution in [0.25, 0.3) is 0 Å². The fourth-order valence-electron chi connectivity index (χ4n) is 3.11. The lowest BCUT2D eigenvalue weighted by Crippen LogP contribution is -2.25. The fraction of sp³-hybridized carbons (Fsp3) is 0.167. The lowest BCUT2D eigenvalue weighted by atomic mass is 10.1. The summed E-state index contributed by atoms with van der Waals surface area (Å²) in [5.41, 5.74) is 3.02. The number of rotatable bonds is 3. The molecule has 0 saturated heterocycles. The molecule has 0 saturated carbocycles. The van der Waals surface area contributed by atoms with Crippen LogP contribution in [0.1, 0.15) is 12.5 Å². The summed E-state index contributed by atoms with van der Waals surface area (Å²) in [5.74, 6) is 1.09. The third-order valence-corrected chi connectivity index (χ3v) is 4.83. The van der Waals surface area contributed by atoms with Crippen LogP contribution in [-0.2, 0) is 6.42 Å². The van der Waals surface area contributed by atoms with Gasteiger partial charge in [-0.05, 0) is 37.1 Å². The van der Waals surface area contributed by atoms with Crippen molar-refractivity contribution in [3.05, 3.63) is 64.3 Å². The number of nitrogens with zero attached hydrogens (tertiary/aromatic N) is 4. The zero-order chi connectivity index (χ0) is 17.4. The van der Waals surface area contributed by atoms with E-state index in [1.54, 1.807) is 24.4 Å². The van der Waals surface area contributed by atoms with Gasteiger partial charge in [-0.2, -0.15) is 10.1 Å². The van der Waals surface area contributed by atoms with Gasteiger partial charge in [0.1, 0.15) is 0 Å². The highest BCUT2D eigenvalue weighted by Gasteiger charge is 2.28. The normalized spacial score (nSPS) is 16.0. The summed E-state index contributed by atoms with van der Waals surface area (Å²) in [5, 5.41) is 12.2. The van der Waals surface area contributed by atoms with Crippen molar-refractivity contribution in [2.24, 2.45) is 0 Å². The Balaban J connectivity index is 1.69. The molecule has 0 spiro atoms. The maximum absolute atomic E-state index is 6.20. The second-order valence-corrected chi connectivity index (χ2v) is 6.73. The minimum absolute atomic E-state index is 0.297. The average molecular weight is 372 g/mol. The maximum Gasteiger partial charge on any atom is 0.249 e. The number of benzene rings is 2. The van der Waals surface area contributed by atoms with E-state index in [4.69, 9.17) is 23.2 Å². The van der Waals surface area contributed by atoms with E-state index in [-0.39, 0.29) is 0 Å². The quantitative estimate of drug-likeness (QED) is 0.701. The molecule has 126 valence electrons. The zero-order valence-corrected chi connectivity index (χ0v) is 15.0. The second-order valence-electron chi connectivity index (χ2n) is 5.91. The third kappa shape index (κ3) is 3.01. The zero-order valence-electron chi connectivity index (χ0n) is 13.4. The highest BCUT2D eigenvalue weighted by atomic mass is 35.5. The first-order valence-electron chi connectivity index (χ1n) is 7.91. The molecule has 1 unspecified atom stereocenters. The summed E-state index contributed by atoms with van der Waals surface area (Å²) in [6.45, 7) is 2.17. The van der Waals surface area contributed by atoms with Gasteiger partial charge in [0, 0.05) is 11.7 Å². The highest BCUT2D eigenvalue weighted by molar-refractivity contribution is 6.39. The molecule has 25 heavy (non-hydrogen) atoms. The molecule has 0 radical (unpaired) electrons. The van der Waals surface area contributed by atoms with Gasteiger partial charge in [0.15, 0.2) is 5.82 Å². The molecule has 1 aromatic heterocycles. The van der Waals surface area contributed by atoms with E-state index >= 15 is 0 Å². The Morgan fingerprint density at radius 1 is 1.08 bits per heavy atom. The Morgan fingerprint density at radius 3 is 2.64 bits per heavy atom. The minimum atomic E-state index is 0.297. The smallest absolute Gasteiger partial charge is 0.249 e. The molecule has 1 aliphatic heterocycles. The molecule has 5 nitrogen and oxygen atoms in total. The molecule has 2 aromatic carbocycles. The molecule has 0 aliphatic carbocycles. The molecule has 2 heterocycles. The number of fused-ring (bicyclic) bond motifs is 1. The van der Waals surface area contributed by atoms with E-state index in [9.17, 15) is 0 Å². The Hall–Kier alpha value is -2.37. The van der Waals surface area contributed by atoms with Crippen LogP contribution in [0.5, 0.6) is 0 Å².